The monoisotopic (exact) mass is 897 g/mol. The molecule has 0 fully saturated rings. The van der Waals surface area contributed by atoms with Crippen LogP contribution in [0.3, 0.4) is 0 Å². The Morgan fingerprint density at radius 2 is 1.49 bits per heavy atom. The van der Waals surface area contributed by atoms with Crippen LogP contribution in [0.1, 0.15) is 95.4 Å². The SMILES string of the molecule is CCC(CC)C(=O)/C=C(\O)C(CC)CC.Cc1ccc2[c-]c(-c3nccc4c(C)c(-c5ccc([Si](C)(C)C)cc5)sc34)cc(C(C)C)c2c1C.[Ir]. The van der Waals surface area contributed by atoms with E-state index in [0.717, 1.165) is 36.9 Å². The fourth-order valence-corrected chi connectivity index (χ4v) is 9.28. The zero-order chi connectivity index (χ0) is 36.9. The van der Waals surface area contributed by atoms with Crippen LogP contribution in [0.4, 0.5) is 0 Å². The molecule has 0 amide bonds. The molecule has 0 aliphatic heterocycles. The molecule has 0 aliphatic carbocycles. The van der Waals surface area contributed by atoms with E-state index in [2.05, 4.69) is 109 Å². The van der Waals surface area contributed by atoms with E-state index in [1.54, 1.807) is 0 Å². The molecule has 3 nitrogen and oxygen atoms in total. The molecule has 0 aliphatic rings. The van der Waals surface area contributed by atoms with Gasteiger partial charge in [0.25, 0.3) is 0 Å². The van der Waals surface area contributed by atoms with Gasteiger partial charge in [0.1, 0.15) is 0 Å². The molecule has 0 spiro atoms. The van der Waals surface area contributed by atoms with Crippen LogP contribution >= 0.6 is 11.3 Å². The molecule has 51 heavy (non-hydrogen) atoms. The van der Waals surface area contributed by atoms with Crippen molar-refractivity contribution in [2.45, 2.75) is 114 Å². The summed E-state index contributed by atoms with van der Waals surface area (Å²) < 4.78 is 1.25. The van der Waals surface area contributed by atoms with Crippen molar-refractivity contribution in [2.75, 3.05) is 0 Å². The van der Waals surface area contributed by atoms with Crippen LogP contribution < -0.4 is 5.19 Å². The molecule has 1 N–H and O–H groups in total. The van der Waals surface area contributed by atoms with Crippen LogP contribution in [-0.2, 0) is 24.9 Å². The van der Waals surface area contributed by atoms with E-state index in [9.17, 15) is 9.90 Å². The third-order valence-electron chi connectivity index (χ3n) is 10.4. The number of carbonyl (C=O) groups excluding carboxylic acids is 1. The van der Waals surface area contributed by atoms with Crippen LogP contribution in [0.25, 0.3) is 42.6 Å². The molecule has 0 saturated heterocycles. The Morgan fingerprint density at radius 3 is 2.04 bits per heavy atom. The fourth-order valence-electron chi connectivity index (χ4n) is 6.80. The van der Waals surface area contributed by atoms with Crippen molar-refractivity contribution in [1.29, 1.82) is 0 Å². The van der Waals surface area contributed by atoms with Crippen molar-refractivity contribution in [3.63, 3.8) is 0 Å². The Bertz CT molecular complexity index is 1980. The van der Waals surface area contributed by atoms with Gasteiger partial charge in [0.2, 0.25) is 0 Å². The van der Waals surface area contributed by atoms with E-state index in [4.69, 9.17) is 4.98 Å². The second-order valence-electron chi connectivity index (χ2n) is 15.1. The summed E-state index contributed by atoms with van der Waals surface area (Å²) in [7, 11) is -1.31. The number of aliphatic hydroxyl groups is 1. The number of rotatable bonds is 11. The van der Waals surface area contributed by atoms with E-state index in [0.29, 0.717) is 5.92 Å². The molecule has 0 atom stereocenters. The molecule has 3 aromatic carbocycles. The van der Waals surface area contributed by atoms with Crippen LogP contribution in [0.5, 0.6) is 0 Å². The Kier molecular flexibility index (Phi) is 15.2. The number of benzene rings is 3. The Morgan fingerprint density at radius 1 is 0.882 bits per heavy atom. The number of aryl methyl sites for hydroxylation is 3. The summed E-state index contributed by atoms with van der Waals surface area (Å²) >= 11 is 1.87. The van der Waals surface area contributed by atoms with Gasteiger partial charge in [-0.2, -0.15) is 0 Å². The minimum atomic E-state index is -1.31. The maximum Gasteiger partial charge on any atom is 0.162 e. The van der Waals surface area contributed by atoms with Gasteiger partial charge >= 0.3 is 0 Å². The Labute approximate surface area is 326 Å². The van der Waals surface area contributed by atoms with Crippen LogP contribution in [0, 0.1) is 38.7 Å². The third-order valence-corrected chi connectivity index (χ3v) is 13.8. The molecule has 275 valence electrons. The van der Waals surface area contributed by atoms with Gasteiger partial charge in [-0.3, -0.25) is 9.78 Å². The van der Waals surface area contributed by atoms with Crippen molar-refractivity contribution >= 4 is 51.2 Å². The fraction of sp³-hybridized carbons (Fsp3) is 0.422. The number of pyridine rings is 1. The minimum Gasteiger partial charge on any atom is -0.512 e. The molecule has 5 aromatic rings. The predicted molar refractivity (Wildman–Crippen MR) is 222 cm³/mol. The number of ketones is 1. The van der Waals surface area contributed by atoms with Crippen LogP contribution in [0.15, 0.2) is 66.6 Å². The van der Waals surface area contributed by atoms with Crippen LogP contribution in [0.2, 0.25) is 19.6 Å². The topological polar surface area (TPSA) is 50.2 Å². The van der Waals surface area contributed by atoms with Gasteiger partial charge in [-0.15, -0.1) is 40.5 Å². The zero-order valence-electron chi connectivity index (χ0n) is 32.9. The molecule has 5 rings (SSSR count). The van der Waals surface area contributed by atoms with Crippen molar-refractivity contribution in [2.24, 2.45) is 11.8 Å². The number of aromatic nitrogens is 1. The number of aliphatic hydroxyl groups excluding tert-OH is 1. The maximum absolute atomic E-state index is 11.7. The number of allylic oxidation sites excluding steroid dienone is 2. The first-order valence-electron chi connectivity index (χ1n) is 18.6. The molecule has 0 saturated carbocycles. The number of thiophene rings is 1. The average molecular weight is 897 g/mol. The zero-order valence-corrected chi connectivity index (χ0v) is 37.1. The van der Waals surface area contributed by atoms with E-state index in [1.165, 1.54) is 64.8 Å². The van der Waals surface area contributed by atoms with Gasteiger partial charge in [-0.1, -0.05) is 119 Å². The van der Waals surface area contributed by atoms with Gasteiger partial charge in [-0.05, 0) is 75.0 Å². The van der Waals surface area contributed by atoms with Crippen molar-refractivity contribution in [3.05, 3.63) is 94.9 Å². The van der Waals surface area contributed by atoms with Crippen molar-refractivity contribution in [3.8, 4) is 21.7 Å². The molecule has 2 aromatic heterocycles. The molecule has 2 heterocycles. The number of fused-ring (bicyclic) bond motifs is 2. The average Bonchev–Trinajstić information content (AvgIpc) is 3.43. The van der Waals surface area contributed by atoms with E-state index < -0.39 is 8.07 Å². The number of nitrogens with zero attached hydrogens (tertiary/aromatic N) is 1. The van der Waals surface area contributed by atoms with E-state index >= 15 is 0 Å². The van der Waals surface area contributed by atoms with Gasteiger partial charge in [0.15, 0.2) is 5.78 Å². The molecular weight excluding hydrogens is 839 g/mol. The first kappa shape index (κ1) is 42.5. The second-order valence-corrected chi connectivity index (χ2v) is 21.2. The largest absolute Gasteiger partial charge is 0.512 e. The quantitative estimate of drug-likeness (QED) is 0.0622. The van der Waals surface area contributed by atoms with E-state index in [-0.39, 0.29) is 43.5 Å². The van der Waals surface area contributed by atoms with Crippen molar-refractivity contribution < 1.29 is 30.0 Å². The summed E-state index contributed by atoms with van der Waals surface area (Å²) in [6.45, 7) is 26.5. The molecule has 0 unspecified atom stereocenters. The molecule has 1 radical (unpaired) electrons. The van der Waals surface area contributed by atoms with Crippen molar-refractivity contribution in [1.82, 2.24) is 4.98 Å². The van der Waals surface area contributed by atoms with Gasteiger partial charge in [-0.25, -0.2) is 0 Å². The predicted octanol–water partition coefficient (Wildman–Crippen LogP) is 13.0. The first-order chi connectivity index (χ1) is 23.7. The number of hydrogen-bond donors (Lipinski definition) is 1. The summed E-state index contributed by atoms with van der Waals surface area (Å²) in [5.74, 6) is 0.974. The van der Waals surface area contributed by atoms with Gasteiger partial charge in [0.05, 0.1) is 13.8 Å². The summed E-state index contributed by atoms with van der Waals surface area (Å²) in [6.07, 6.45) is 6.87. The van der Waals surface area contributed by atoms with Crippen LogP contribution in [-0.4, -0.2) is 23.9 Å². The molecule has 6 heteroatoms. The maximum atomic E-state index is 11.7. The third kappa shape index (κ3) is 9.56. The number of hydrogen-bond acceptors (Lipinski definition) is 4. The number of carbonyl (C=O) groups is 1. The Hall–Kier alpha value is -2.89. The molecular formula is C45H58IrNO2SSi-. The summed E-state index contributed by atoms with van der Waals surface area (Å²) in [5.41, 5.74) is 8.85. The van der Waals surface area contributed by atoms with Gasteiger partial charge < -0.3 is 5.11 Å². The van der Waals surface area contributed by atoms with E-state index in [1.807, 2.05) is 45.2 Å². The first-order valence-corrected chi connectivity index (χ1v) is 22.9. The standard InChI is InChI=1S/C32H34NSSi.C13H24O2.Ir/c1-19(2)28-18-25(17-24-10-9-20(3)21(4)29(24)28)30-32-27(15-16-33-30)22(5)31(34-32)23-11-13-26(14-12-23)35(6,7)8;1-5-10(6-2)12(14)9-13(15)11(7-3)8-4;/h9-16,18-19H,1-8H3;9-11,14H,5-8H2,1-4H3;/q-1;;/b;12-9-;. The summed E-state index contributed by atoms with van der Waals surface area (Å²) in [4.78, 5) is 18.0. The minimum absolute atomic E-state index is 0. The normalized spacial score (nSPS) is 12.1. The summed E-state index contributed by atoms with van der Waals surface area (Å²) in [6, 6.07) is 22.0. The summed E-state index contributed by atoms with van der Waals surface area (Å²) in [5, 5.41) is 15.1. The Balaban J connectivity index is 0.000000374. The second kappa shape index (κ2) is 18.2. The van der Waals surface area contributed by atoms with Gasteiger partial charge in [0, 0.05) is 59.5 Å². The molecule has 0 bridgehead atoms. The smallest absolute Gasteiger partial charge is 0.162 e.